The summed E-state index contributed by atoms with van der Waals surface area (Å²) in [6, 6.07) is -0.474. The van der Waals surface area contributed by atoms with E-state index in [1.165, 1.54) is 0 Å². The first kappa shape index (κ1) is 14.8. The van der Waals surface area contributed by atoms with Crippen LogP contribution in [0.25, 0.3) is 0 Å². The number of carbonyl (C=O) groups is 2. The van der Waals surface area contributed by atoms with Crippen LogP contribution in [0, 0.1) is 0 Å². The summed E-state index contributed by atoms with van der Waals surface area (Å²) in [5.74, 6) is 0.000796. The summed E-state index contributed by atoms with van der Waals surface area (Å²) in [6.45, 7) is 8.88. The summed E-state index contributed by atoms with van der Waals surface area (Å²) in [7, 11) is 0. The molecule has 1 N–H and O–H groups in total. The smallest absolute Gasteiger partial charge is 0.408 e. The molecule has 0 aromatic carbocycles. The average molecular weight is 256 g/mol. The van der Waals surface area contributed by atoms with Gasteiger partial charge in [0.05, 0.1) is 0 Å². The Hall–Kier alpha value is -1.26. The number of nitrogens with zero attached hydrogens (tertiary/aromatic N) is 1. The second kappa shape index (κ2) is 6.07. The molecule has 0 spiro atoms. The van der Waals surface area contributed by atoms with E-state index in [2.05, 4.69) is 5.32 Å². The van der Waals surface area contributed by atoms with Crippen LogP contribution in [0.3, 0.4) is 0 Å². The van der Waals surface area contributed by atoms with Gasteiger partial charge in [0.2, 0.25) is 5.91 Å². The molecule has 0 unspecified atom stereocenters. The van der Waals surface area contributed by atoms with Crippen molar-refractivity contribution in [3.05, 3.63) is 0 Å². The molecule has 1 atom stereocenters. The standard InChI is InChI=1S/C13H24N2O3/c1-5-10(11(16)15-8-6-7-9-15)14-12(17)18-13(2,3)4/h10H,5-9H2,1-4H3,(H,14,17)/t10-/m0/s1. The van der Waals surface area contributed by atoms with Crippen LogP contribution < -0.4 is 5.32 Å². The van der Waals surface area contributed by atoms with Gasteiger partial charge >= 0.3 is 6.09 Å². The predicted molar refractivity (Wildman–Crippen MR) is 69.3 cm³/mol. The lowest BCUT2D eigenvalue weighted by molar-refractivity contribution is -0.132. The third kappa shape index (κ3) is 4.55. The molecule has 18 heavy (non-hydrogen) atoms. The molecule has 0 radical (unpaired) electrons. The fourth-order valence-corrected chi connectivity index (χ4v) is 1.95. The first-order valence-electron chi connectivity index (χ1n) is 6.62. The third-order valence-electron chi connectivity index (χ3n) is 2.82. The first-order chi connectivity index (χ1) is 8.33. The van der Waals surface area contributed by atoms with Gasteiger partial charge in [0.15, 0.2) is 0 Å². The number of rotatable bonds is 3. The normalized spacial score (nSPS) is 17.4. The summed E-state index contributed by atoms with van der Waals surface area (Å²) in [6.07, 6.45) is 2.15. The second-order valence-electron chi connectivity index (χ2n) is 5.64. The summed E-state index contributed by atoms with van der Waals surface area (Å²) >= 11 is 0. The van der Waals surface area contributed by atoms with Crippen molar-refractivity contribution < 1.29 is 14.3 Å². The first-order valence-corrected chi connectivity index (χ1v) is 6.62. The Labute approximate surface area is 109 Å². The van der Waals surface area contributed by atoms with Gasteiger partial charge < -0.3 is 15.0 Å². The van der Waals surface area contributed by atoms with Crippen LogP contribution in [0.1, 0.15) is 47.0 Å². The molecular weight excluding hydrogens is 232 g/mol. The zero-order valence-electron chi connectivity index (χ0n) is 11.8. The Morgan fingerprint density at radius 1 is 1.28 bits per heavy atom. The average Bonchev–Trinajstić information content (AvgIpc) is 2.75. The Morgan fingerprint density at radius 3 is 2.28 bits per heavy atom. The van der Waals surface area contributed by atoms with Crippen LogP contribution >= 0.6 is 0 Å². The number of likely N-dealkylation sites (tertiary alicyclic amines) is 1. The molecule has 0 saturated carbocycles. The van der Waals surface area contributed by atoms with Crippen LogP contribution in [0.2, 0.25) is 0 Å². The number of hydrogen-bond acceptors (Lipinski definition) is 3. The van der Waals surface area contributed by atoms with Gasteiger partial charge in [0.1, 0.15) is 11.6 Å². The summed E-state index contributed by atoms with van der Waals surface area (Å²) < 4.78 is 5.16. The van der Waals surface area contributed by atoms with Gasteiger partial charge in [-0.3, -0.25) is 4.79 Å². The zero-order chi connectivity index (χ0) is 13.8. The van der Waals surface area contributed by atoms with Crippen molar-refractivity contribution in [3.8, 4) is 0 Å². The molecule has 1 aliphatic rings. The molecule has 104 valence electrons. The van der Waals surface area contributed by atoms with Crippen molar-refractivity contribution in [1.29, 1.82) is 0 Å². The minimum atomic E-state index is -0.543. The molecule has 1 heterocycles. The van der Waals surface area contributed by atoms with E-state index in [4.69, 9.17) is 4.74 Å². The maximum Gasteiger partial charge on any atom is 0.408 e. The zero-order valence-corrected chi connectivity index (χ0v) is 11.8. The van der Waals surface area contributed by atoms with E-state index in [0.717, 1.165) is 25.9 Å². The third-order valence-corrected chi connectivity index (χ3v) is 2.82. The summed E-state index contributed by atoms with van der Waals surface area (Å²) in [4.78, 5) is 25.6. The number of amides is 2. The molecule has 0 bridgehead atoms. The highest BCUT2D eigenvalue weighted by atomic mass is 16.6. The fraction of sp³-hybridized carbons (Fsp3) is 0.846. The molecule has 5 heteroatoms. The highest BCUT2D eigenvalue weighted by Crippen LogP contribution is 2.11. The van der Waals surface area contributed by atoms with Gasteiger partial charge in [0, 0.05) is 13.1 Å². The van der Waals surface area contributed by atoms with Gasteiger partial charge in [0.25, 0.3) is 0 Å². The Balaban J connectivity index is 2.50. The molecule has 1 rings (SSSR count). The fourth-order valence-electron chi connectivity index (χ4n) is 1.95. The van der Waals surface area contributed by atoms with E-state index in [1.807, 2.05) is 11.8 Å². The topological polar surface area (TPSA) is 58.6 Å². The number of ether oxygens (including phenoxy) is 1. The van der Waals surface area contributed by atoms with E-state index in [-0.39, 0.29) is 5.91 Å². The van der Waals surface area contributed by atoms with Crippen molar-refractivity contribution in [1.82, 2.24) is 10.2 Å². The van der Waals surface area contributed by atoms with Crippen LogP contribution in [-0.4, -0.2) is 41.6 Å². The van der Waals surface area contributed by atoms with Gasteiger partial charge in [-0.15, -0.1) is 0 Å². The molecule has 1 fully saturated rings. The highest BCUT2D eigenvalue weighted by molar-refractivity contribution is 5.85. The van der Waals surface area contributed by atoms with Gasteiger partial charge in [-0.25, -0.2) is 4.79 Å². The van der Waals surface area contributed by atoms with E-state index >= 15 is 0 Å². The highest BCUT2D eigenvalue weighted by Gasteiger charge is 2.28. The molecule has 1 saturated heterocycles. The van der Waals surface area contributed by atoms with Crippen molar-refractivity contribution in [2.45, 2.75) is 58.6 Å². The van der Waals surface area contributed by atoms with Crippen LogP contribution in [-0.2, 0) is 9.53 Å². The van der Waals surface area contributed by atoms with E-state index < -0.39 is 17.7 Å². The van der Waals surface area contributed by atoms with E-state index in [1.54, 1.807) is 20.8 Å². The lowest BCUT2D eigenvalue weighted by atomic mass is 10.2. The number of nitrogens with one attached hydrogen (secondary N) is 1. The van der Waals surface area contributed by atoms with Gasteiger partial charge in [-0.2, -0.15) is 0 Å². The summed E-state index contributed by atoms with van der Waals surface area (Å²) in [5.41, 5.74) is -0.543. The van der Waals surface area contributed by atoms with Crippen molar-refractivity contribution in [2.75, 3.05) is 13.1 Å². The monoisotopic (exact) mass is 256 g/mol. The molecule has 1 aliphatic heterocycles. The summed E-state index contributed by atoms with van der Waals surface area (Å²) in [5, 5.41) is 2.65. The van der Waals surface area contributed by atoms with Crippen LogP contribution in [0.4, 0.5) is 4.79 Å². The van der Waals surface area contributed by atoms with E-state index in [0.29, 0.717) is 6.42 Å². The quantitative estimate of drug-likeness (QED) is 0.839. The van der Waals surface area contributed by atoms with Crippen molar-refractivity contribution in [2.24, 2.45) is 0 Å². The molecule has 0 aromatic heterocycles. The minimum Gasteiger partial charge on any atom is -0.444 e. The largest absolute Gasteiger partial charge is 0.444 e. The van der Waals surface area contributed by atoms with Crippen LogP contribution in [0.5, 0.6) is 0 Å². The Morgan fingerprint density at radius 2 is 1.83 bits per heavy atom. The van der Waals surface area contributed by atoms with Crippen LogP contribution in [0.15, 0.2) is 0 Å². The van der Waals surface area contributed by atoms with Crippen molar-refractivity contribution in [3.63, 3.8) is 0 Å². The lowest BCUT2D eigenvalue weighted by Gasteiger charge is -2.25. The second-order valence-corrected chi connectivity index (χ2v) is 5.64. The van der Waals surface area contributed by atoms with E-state index in [9.17, 15) is 9.59 Å². The SMILES string of the molecule is CC[C@H](NC(=O)OC(C)(C)C)C(=O)N1CCCC1. The number of carbonyl (C=O) groups excluding carboxylic acids is 2. The minimum absolute atomic E-state index is 0.000796. The molecule has 0 aliphatic carbocycles. The van der Waals surface area contributed by atoms with Gasteiger partial charge in [-0.1, -0.05) is 6.92 Å². The van der Waals surface area contributed by atoms with Crippen molar-refractivity contribution >= 4 is 12.0 Å². The molecule has 2 amide bonds. The predicted octanol–water partition coefficient (Wildman–Crippen LogP) is 1.91. The maximum absolute atomic E-state index is 12.1. The Bertz CT molecular complexity index is 304. The molecular formula is C13H24N2O3. The molecule has 0 aromatic rings. The Kier molecular flexibility index (Phi) is 4.99. The molecule has 5 nitrogen and oxygen atoms in total. The lowest BCUT2D eigenvalue weighted by Crippen LogP contribution is -2.48. The number of alkyl carbamates (subject to hydrolysis) is 1. The number of hydrogen-bond donors (Lipinski definition) is 1. The maximum atomic E-state index is 12.1. The van der Waals surface area contributed by atoms with Gasteiger partial charge in [-0.05, 0) is 40.0 Å².